The highest BCUT2D eigenvalue weighted by Gasteiger charge is 2.26. The Morgan fingerprint density at radius 3 is 2.57 bits per heavy atom. The van der Waals surface area contributed by atoms with Gasteiger partial charge in [0.2, 0.25) is 0 Å². The summed E-state index contributed by atoms with van der Waals surface area (Å²) in [5, 5.41) is 2.68. The Balaban J connectivity index is 2.68. The number of ether oxygens (including phenoxy) is 2. The average molecular weight is 323 g/mol. The van der Waals surface area contributed by atoms with Crippen molar-refractivity contribution in [3.63, 3.8) is 0 Å². The molecule has 0 radical (unpaired) electrons. The molecule has 0 spiro atoms. The highest BCUT2D eigenvalue weighted by molar-refractivity contribution is 5.91. The number of nitrogens with one attached hydrogen (secondary N) is 1. The van der Waals surface area contributed by atoms with Crippen molar-refractivity contribution in [1.82, 2.24) is 10.2 Å². The van der Waals surface area contributed by atoms with Gasteiger partial charge in [-0.05, 0) is 38.5 Å². The smallest absolute Gasteiger partial charge is 0.418 e. The van der Waals surface area contributed by atoms with Crippen molar-refractivity contribution in [1.29, 1.82) is 0 Å². The molecule has 0 aromatic heterocycles. The first kappa shape index (κ1) is 18.8. The summed E-state index contributed by atoms with van der Waals surface area (Å²) in [6.45, 7) is 5.71. The molecule has 0 unspecified atom stereocenters. The third-order valence-electron chi connectivity index (χ3n) is 2.79. The first-order valence-corrected chi connectivity index (χ1v) is 7.38. The second kappa shape index (κ2) is 8.38. The minimum absolute atomic E-state index is 0.0822. The summed E-state index contributed by atoms with van der Waals surface area (Å²) in [4.78, 5) is 25.2. The van der Waals surface area contributed by atoms with Crippen molar-refractivity contribution in [3.8, 4) is 5.75 Å². The maximum atomic E-state index is 12.2. The summed E-state index contributed by atoms with van der Waals surface area (Å²) in [6.07, 6.45) is -0.717. The van der Waals surface area contributed by atoms with Gasteiger partial charge in [-0.2, -0.15) is 0 Å². The molecule has 0 saturated heterocycles. The number of rotatable bonds is 5. The molecular formula is C16H25N3O4. The maximum absolute atomic E-state index is 12.2. The van der Waals surface area contributed by atoms with Crippen molar-refractivity contribution in [2.45, 2.75) is 32.9 Å². The lowest BCUT2D eigenvalue weighted by atomic mass is 10.2. The molecule has 0 fully saturated rings. The standard InChI is InChI=1S/C16H25N3O4/c1-16(2,3)23-15(21)19(9-8-17)14(20)18-11-12-6-5-7-13(10-12)22-4/h5-7,10H,8-9,11,17H2,1-4H3,(H,18,20). The number of carbonyl (C=O) groups excluding carboxylic acids is 2. The van der Waals surface area contributed by atoms with Gasteiger partial charge in [0.05, 0.1) is 7.11 Å². The van der Waals surface area contributed by atoms with Crippen molar-refractivity contribution in [2.24, 2.45) is 5.73 Å². The van der Waals surface area contributed by atoms with Gasteiger partial charge in [-0.15, -0.1) is 0 Å². The lowest BCUT2D eigenvalue weighted by Gasteiger charge is -2.26. The zero-order chi connectivity index (χ0) is 17.5. The zero-order valence-corrected chi connectivity index (χ0v) is 14.1. The Hall–Kier alpha value is -2.28. The number of urea groups is 1. The van der Waals surface area contributed by atoms with Crippen LogP contribution in [0.15, 0.2) is 24.3 Å². The predicted octanol–water partition coefficient (Wildman–Crippen LogP) is 2.10. The van der Waals surface area contributed by atoms with Crippen LogP contribution < -0.4 is 15.8 Å². The van der Waals surface area contributed by atoms with Crippen molar-refractivity contribution >= 4 is 12.1 Å². The Labute approximate surface area is 136 Å². The third-order valence-corrected chi connectivity index (χ3v) is 2.79. The van der Waals surface area contributed by atoms with Crippen LogP contribution >= 0.6 is 0 Å². The Morgan fingerprint density at radius 1 is 1.30 bits per heavy atom. The van der Waals surface area contributed by atoms with E-state index in [4.69, 9.17) is 15.2 Å². The first-order valence-electron chi connectivity index (χ1n) is 7.38. The largest absolute Gasteiger partial charge is 0.497 e. The van der Waals surface area contributed by atoms with E-state index in [0.29, 0.717) is 5.75 Å². The molecule has 1 rings (SSSR count). The molecule has 1 aromatic carbocycles. The summed E-state index contributed by atoms with van der Waals surface area (Å²) in [6, 6.07) is 6.75. The molecule has 0 aliphatic carbocycles. The Bertz CT molecular complexity index is 540. The van der Waals surface area contributed by atoms with Crippen LogP contribution in [-0.4, -0.2) is 42.8 Å². The third kappa shape index (κ3) is 6.56. The lowest BCUT2D eigenvalue weighted by molar-refractivity contribution is 0.0325. The number of hydrogen-bond donors (Lipinski definition) is 2. The molecule has 0 bridgehead atoms. The van der Waals surface area contributed by atoms with E-state index in [-0.39, 0.29) is 19.6 Å². The summed E-state index contributed by atoms with van der Waals surface area (Å²) in [7, 11) is 1.57. The monoisotopic (exact) mass is 323 g/mol. The van der Waals surface area contributed by atoms with E-state index in [2.05, 4.69) is 5.32 Å². The van der Waals surface area contributed by atoms with Crippen molar-refractivity contribution < 1.29 is 19.1 Å². The molecule has 3 amide bonds. The number of carbonyl (C=O) groups is 2. The van der Waals surface area contributed by atoms with E-state index in [1.54, 1.807) is 33.9 Å². The summed E-state index contributed by atoms with van der Waals surface area (Å²) < 4.78 is 10.3. The quantitative estimate of drug-likeness (QED) is 0.865. The maximum Gasteiger partial charge on any atom is 0.418 e. The Kier molecular flexibility index (Phi) is 6.84. The van der Waals surface area contributed by atoms with E-state index < -0.39 is 17.7 Å². The second-order valence-electron chi connectivity index (χ2n) is 5.93. The topological polar surface area (TPSA) is 93.9 Å². The average Bonchev–Trinajstić information content (AvgIpc) is 2.48. The van der Waals surface area contributed by atoms with E-state index >= 15 is 0 Å². The van der Waals surface area contributed by atoms with Gasteiger partial charge >= 0.3 is 12.1 Å². The van der Waals surface area contributed by atoms with Gasteiger partial charge in [-0.25, -0.2) is 14.5 Å². The SMILES string of the molecule is COc1cccc(CNC(=O)N(CCN)C(=O)OC(C)(C)C)c1. The van der Waals surface area contributed by atoms with Crippen molar-refractivity contribution in [2.75, 3.05) is 20.2 Å². The molecule has 7 heteroatoms. The summed E-state index contributed by atoms with van der Waals surface area (Å²) >= 11 is 0. The molecule has 7 nitrogen and oxygen atoms in total. The number of imide groups is 1. The van der Waals surface area contributed by atoms with Gasteiger partial charge in [0, 0.05) is 19.6 Å². The molecule has 0 saturated carbocycles. The number of hydrogen-bond acceptors (Lipinski definition) is 5. The molecule has 3 N–H and O–H groups in total. The fourth-order valence-corrected chi connectivity index (χ4v) is 1.78. The van der Waals surface area contributed by atoms with Crippen LogP contribution in [0, 0.1) is 0 Å². The van der Waals surface area contributed by atoms with E-state index in [1.807, 2.05) is 18.2 Å². The molecule has 0 heterocycles. The fourth-order valence-electron chi connectivity index (χ4n) is 1.78. The van der Waals surface area contributed by atoms with Gasteiger partial charge in [0.25, 0.3) is 0 Å². The second-order valence-corrected chi connectivity index (χ2v) is 5.93. The van der Waals surface area contributed by atoms with Gasteiger partial charge in [-0.3, -0.25) is 0 Å². The Morgan fingerprint density at radius 2 is 2.00 bits per heavy atom. The van der Waals surface area contributed by atoms with Gasteiger partial charge in [0.1, 0.15) is 11.4 Å². The van der Waals surface area contributed by atoms with Gasteiger partial charge in [-0.1, -0.05) is 12.1 Å². The normalized spacial score (nSPS) is 10.8. The van der Waals surface area contributed by atoms with Crippen LogP contribution in [-0.2, 0) is 11.3 Å². The van der Waals surface area contributed by atoms with Crippen LogP contribution in [0.4, 0.5) is 9.59 Å². The van der Waals surface area contributed by atoms with E-state index in [1.165, 1.54) is 0 Å². The minimum atomic E-state index is -0.717. The molecular weight excluding hydrogens is 298 g/mol. The molecule has 0 aliphatic rings. The molecule has 23 heavy (non-hydrogen) atoms. The van der Waals surface area contributed by atoms with Crippen LogP contribution in [0.5, 0.6) is 5.75 Å². The van der Waals surface area contributed by atoms with Crippen LogP contribution in [0.25, 0.3) is 0 Å². The molecule has 0 atom stereocenters. The molecule has 128 valence electrons. The van der Waals surface area contributed by atoms with E-state index in [0.717, 1.165) is 10.5 Å². The van der Waals surface area contributed by atoms with Crippen LogP contribution in [0.1, 0.15) is 26.3 Å². The highest BCUT2D eigenvalue weighted by atomic mass is 16.6. The highest BCUT2D eigenvalue weighted by Crippen LogP contribution is 2.13. The number of benzene rings is 1. The predicted molar refractivity (Wildman–Crippen MR) is 87.2 cm³/mol. The zero-order valence-electron chi connectivity index (χ0n) is 14.1. The van der Waals surface area contributed by atoms with E-state index in [9.17, 15) is 9.59 Å². The molecule has 1 aromatic rings. The molecule has 0 aliphatic heterocycles. The number of nitrogens with zero attached hydrogens (tertiary/aromatic N) is 1. The lowest BCUT2D eigenvalue weighted by Crippen LogP contribution is -2.47. The van der Waals surface area contributed by atoms with Crippen molar-refractivity contribution in [3.05, 3.63) is 29.8 Å². The number of methoxy groups -OCH3 is 1. The van der Waals surface area contributed by atoms with Gasteiger partial charge < -0.3 is 20.5 Å². The first-order chi connectivity index (χ1) is 10.8. The summed E-state index contributed by atoms with van der Waals surface area (Å²) in [5.41, 5.74) is 5.64. The number of amides is 3. The van der Waals surface area contributed by atoms with Crippen LogP contribution in [0.2, 0.25) is 0 Å². The van der Waals surface area contributed by atoms with Gasteiger partial charge in [0.15, 0.2) is 0 Å². The fraction of sp³-hybridized carbons (Fsp3) is 0.500. The summed E-state index contributed by atoms with van der Waals surface area (Å²) in [5.74, 6) is 0.697. The number of nitrogens with two attached hydrogens (primary N) is 1. The van der Waals surface area contributed by atoms with Crippen LogP contribution in [0.3, 0.4) is 0 Å². The minimum Gasteiger partial charge on any atom is -0.497 e.